The van der Waals surface area contributed by atoms with Gasteiger partial charge in [-0.15, -0.1) is 0 Å². The van der Waals surface area contributed by atoms with Crippen molar-refractivity contribution in [1.82, 2.24) is 4.31 Å². The fraction of sp³-hybridized carbons (Fsp3) is 0.391. The lowest BCUT2D eigenvalue weighted by atomic mass is 10.1. The van der Waals surface area contributed by atoms with Crippen LogP contribution in [0.1, 0.15) is 47.7 Å². The van der Waals surface area contributed by atoms with Crippen molar-refractivity contribution in [1.29, 1.82) is 0 Å². The fourth-order valence-electron chi connectivity index (χ4n) is 3.57. The predicted molar refractivity (Wildman–Crippen MR) is 123 cm³/mol. The van der Waals surface area contributed by atoms with Gasteiger partial charge in [-0.1, -0.05) is 35.7 Å². The van der Waals surface area contributed by atoms with E-state index in [0.29, 0.717) is 18.7 Å². The summed E-state index contributed by atoms with van der Waals surface area (Å²) in [6.07, 6.45) is 1.54. The number of nitrogens with one attached hydrogen (secondary N) is 1. The Kier molecular flexibility index (Phi) is 7.59. The predicted octanol–water partition coefficient (Wildman–Crippen LogP) is 4.32. The molecule has 1 aliphatic heterocycles. The number of anilines is 1. The first-order chi connectivity index (χ1) is 15.1. The smallest absolute Gasteiger partial charge is 0.339 e. The zero-order valence-electron chi connectivity index (χ0n) is 18.4. The number of ether oxygens (including phenoxy) is 1. The third-order valence-corrected chi connectivity index (χ3v) is 7.63. The number of hydrogen-bond donors (Lipinski definition) is 1. The Bertz CT molecular complexity index is 1130. The zero-order valence-corrected chi connectivity index (χ0v) is 19.9. The van der Waals surface area contributed by atoms with Gasteiger partial charge < -0.3 is 10.1 Å². The minimum absolute atomic E-state index is 0.0547. The van der Waals surface area contributed by atoms with E-state index in [2.05, 4.69) is 5.32 Å². The normalized spacial score (nSPS) is 15.8. The molecular weight excluding hydrogens is 452 g/mol. The molecule has 1 N–H and O–H groups in total. The Morgan fingerprint density at radius 2 is 1.75 bits per heavy atom. The van der Waals surface area contributed by atoms with E-state index in [0.717, 1.165) is 30.4 Å². The average Bonchev–Trinajstić information content (AvgIpc) is 2.75. The van der Waals surface area contributed by atoms with E-state index in [1.54, 1.807) is 19.1 Å². The molecule has 2 aromatic rings. The van der Waals surface area contributed by atoms with Crippen LogP contribution in [0.15, 0.2) is 41.3 Å². The van der Waals surface area contributed by atoms with Crippen LogP contribution in [-0.2, 0) is 19.6 Å². The maximum Gasteiger partial charge on any atom is 0.339 e. The van der Waals surface area contributed by atoms with Gasteiger partial charge in [0.1, 0.15) is 0 Å². The van der Waals surface area contributed by atoms with Crippen LogP contribution in [0, 0.1) is 13.8 Å². The second-order valence-electron chi connectivity index (χ2n) is 7.96. The molecule has 2 aromatic carbocycles. The van der Waals surface area contributed by atoms with Gasteiger partial charge in [-0.05, 0) is 63.4 Å². The molecule has 0 radical (unpaired) electrons. The number of hydrogen-bond acceptors (Lipinski definition) is 5. The van der Waals surface area contributed by atoms with E-state index in [4.69, 9.17) is 16.3 Å². The number of nitrogens with zero attached hydrogens (tertiary/aromatic N) is 1. The molecule has 1 heterocycles. The lowest BCUT2D eigenvalue weighted by molar-refractivity contribution is -0.123. The van der Waals surface area contributed by atoms with Crippen molar-refractivity contribution in [3.8, 4) is 0 Å². The molecule has 32 heavy (non-hydrogen) atoms. The van der Waals surface area contributed by atoms with Crippen molar-refractivity contribution >= 4 is 39.2 Å². The first-order valence-corrected chi connectivity index (χ1v) is 12.3. The van der Waals surface area contributed by atoms with Crippen LogP contribution < -0.4 is 5.32 Å². The number of carbonyl (C=O) groups excluding carboxylic acids is 2. The van der Waals surface area contributed by atoms with Gasteiger partial charge in [0.15, 0.2) is 6.10 Å². The number of amides is 1. The number of rotatable bonds is 6. The summed E-state index contributed by atoms with van der Waals surface area (Å²) in [5.74, 6) is -1.23. The van der Waals surface area contributed by atoms with Crippen LogP contribution >= 0.6 is 11.6 Å². The van der Waals surface area contributed by atoms with Crippen LogP contribution in [0.5, 0.6) is 0 Å². The van der Waals surface area contributed by atoms with E-state index < -0.39 is 28.0 Å². The highest BCUT2D eigenvalue weighted by molar-refractivity contribution is 7.89. The molecule has 0 aromatic heterocycles. The van der Waals surface area contributed by atoms with Gasteiger partial charge in [0.25, 0.3) is 5.91 Å². The Morgan fingerprint density at radius 1 is 1.06 bits per heavy atom. The molecular formula is C23H27ClN2O5S. The monoisotopic (exact) mass is 478 g/mol. The Morgan fingerprint density at radius 3 is 2.41 bits per heavy atom. The zero-order chi connectivity index (χ0) is 23.5. The van der Waals surface area contributed by atoms with E-state index in [1.807, 2.05) is 13.0 Å². The SMILES string of the molecule is Cc1ccc(C(=O)O[C@H](C)C(=O)Nc2cc(S(=O)(=O)N3CCCCC3)ccc2Cl)c(C)c1. The average molecular weight is 479 g/mol. The van der Waals surface area contributed by atoms with Crippen LogP contribution in [0.4, 0.5) is 5.69 Å². The lowest BCUT2D eigenvalue weighted by Gasteiger charge is -2.26. The van der Waals surface area contributed by atoms with Gasteiger partial charge in [0, 0.05) is 13.1 Å². The molecule has 3 rings (SSSR count). The first-order valence-electron chi connectivity index (χ1n) is 10.5. The minimum Gasteiger partial charge on any atom is -0.449 e. The molecule has 0 bridgehead atoms. The molecule has 1 amide bonds. The second-order valence-corrected chi connectivity index (χ2v) is 10.3. The molecule has 7 nitrogen and oxygen atoms in total. The van der Waals surface area contributed by atoms with Gasteiger partial charge in [-0.3, -0.25) is 4.79 Å². The van der Waals surface area contributed by atoms with Gasteiger partial charge >= 0.3 is 5.97 Å². The van der Waals surface area contributed by atoms with Crippen molar-refractivity contribution in [2.24, 2.45) is 0 Å². The highest BCUT2D eigenvalue weighted by Crippen LogP contribution is 2.28. The second kappa shape index (κ2) is 10.0. The van der Waals surface area contributed by atoms with E-state index in [1.165, 1.54) is 29.4 Å². The van der Waals surface area contributed by atoms with E-state index >= 15 is 0 Å². The fourth-order valence-corrected chi connectivity index (χ4v) is 5.28. The van der Waals surface area contributed by atoms with Crippen molar-refractivity contribution in [3.63, 3.8) is 0 Å². The van der Waals surface area contributed by atoms with Crippen LogP contribution in [-0.4, -0.2) is 43.8 Å². The van der Waals surface area contributed by atoms with Crippen molar-refractivity contribution in [3.05, 3.63) is 58.1 Å². The molecule has 0 unspecified atom stereocenters. The lowest BCUT2D eigenvalue weighted by Crippen LogP contribution is -2.35. The van der Waals surface area contributed by atoms with E-state index in [-0.39, 0.29) is 15.6 Å². The number of piperidine rings is 1. The number of sulfonamides is 1. The number of carbonyl (C=O) groups is 2. The molecule has 1 aliphatic rings. The van der Waals surface area contributed by atoms with E-state index in [9.17, 15) is 18.0 Å². The summed E-state index contributed by atoms with van der Waals surface area (Å²) in [6, 6.07) is 9.50. The Balaban J connectivity index is 1.72. The van der Waals surface area contributed by atoms with Gasteiger partial charge in [-0.25, -0.2) is 13.2 Å². The standard InChI is InChI=1S/C23H27ClN2O5S/c1-15-7-9-19(16(2)13-15)23(28)31-17(3)22(27)25-21-14-18(8-10-20(21)24)32(29,30)26-11-5-4-6-12-26/h7-10,13-14,17H,4-6,11-12H2,1-3H3,(H,25,27)/t17-/m1/s1. The summed E-state index contributed by atoms with van der Waals surface area (Å²) in [5, 5.41) is 2.76. The summed E-state index contributed by atoms with van der Waals surface area (Å²) in [7, 11) is -3.68. The molecule has 9 heteroatoms. The summed E-state index contributed by atoms with van der Waals surface area (Å²) in [6.45, 7) is 6.10. The topological polar surface area (TPSA) is 92.8 Å². The van der Waals surface area contributed by atoms with Gasteiger partial charge in [-0.2, -0.15) is 4.31 Å². The first kappa shape index (κ1) is 24.2. The third kappa shape index (κ3) is 5.49. The number of aryl methyl sites for hydroxylation is 2. The Labute approximate surface area is 193 Å². The molecule has 1 atom stereocenters. The molecule has 1 saturated heterocycles. The third-order valence-electron chi connectivity index (χ3n) is 5.40. The highest BCUT2D eigenvalue weighted by Gasteiger charge is 2.27. The summed E-state index contributed by atoms with van der Waals surface area (Å²) in [4.78, 5) is 25.1. The van der Waals surface area contributed by atoms with Crippen molar-refractivity contribution < 1.29 is 22.7 Å². The van der Waals surface area contributed by atoms with Crippen molar-refractivity contribution in [2.75, 3.05) is 18.4 Å². The summed E-state index contributed by atoms with van der Waals surface area (Å²) in [5.41, 5.74) is 2.28. The molecule has 0 aliphatic carbocycles. The summed E-state index contributed by atoms with van der Waals surface area (Å²) < 4.78 is 32.6. The largest absolute Gasteiger partial charge is 0.449 e. The van der Waals surface area contributed by atoms with Crippen molar-refractivity contribution in [2.45, 2.75) is 51.0 Å². The summed E-state index contributed by atoms with van der Waals surface area (Å²) >= 11 is 6.19. The van der Waals surface area contributed by atoms with Crippen LogP contribution in [0.25, 0.3) is 0 Å². The number of esters is 1. The number of benzene rings is 2. The van der Waals surface area contributed by atoms with Crippen LogP contribution in [0.2, 0.25) is 5.02 Å². The molecule has 0 spiro atoms. The maximum absolute atomic E-state index is 12.9. The van der Waals surface area contributed by atoms with Gasteiger partial charge in [0.05, 0.1) is 21.2 Å². The molecule has 172 valence electrons. The van der Waals surface area contributed by atoms with Gasteiger partial charge in [0.2, 0.25) is 10.0 Å². The minimum atomic E-state index is -3.68. The van der Waals surface area contributed by atoms with Crippen LogP contribution in [0.3, 0.4) is 0 Å². The quantitative estimate of drug-likeness (QED) is 0.624. The molecule has 0 saturated carbocycles. The number of halogens is 1. The highest BCUT2D eigenvalue weighted by atomic mass is 35.5. The molecule has 1 fully saturated rings. The maximum atomic E-state index is 12.9. The Hall–Kier alpha value is -2.42.